The molecule has 0 spiro atoms. The van der Waals surface area contributed by atoms with Crippen LogP contribution in [0, 0.1) is 0 Å². The lowest BCUT2D eigenvalue weighted by Gasteiger charge is -2.12. The highest BCUT2D eigenvalue weighted by Gasteiger charge is 2.25. The van der Waals surface area contributed by atoms with Gasteiger partial charge in [-0.3, -0.25) is 10.1 Å². The number of nitrogens with two attached hydrogens (primary N) is 1. The molecule has 160 valence electrons. The Kier molecular flexibility index (Phi) is 6.49. The number of para-hydroxylation sites is 1. The van der Waals surface area contributed by atoms with E-state index in [1.165, 1.54) is 6.92 Å². The first-order chi connectivity index (χ1) is 14.8. The first kappa shape index (κ1) is 21.8. The maximum Gasteiger partial charge on any atom is 0.342 e. The van der Waals surface area contributed by atoms with E-state index in [9.17, 15) is 14.4 Å². The summed E-state index contributed by atoms with van der Waals surface area (Å²) in [7, 11) is 0. The van der Waals surface area contributed by atoms with E-state index in [1.807, 2.05) is 59.9 Å². The molecule has 3 N–H and O–H groups in total. The molecule has 0 unspecified atom stereocenters. The standard InChI is InChI=1S/C23H24N4O4/c1-14(2)16-9-11-17(12-10-16)20-19(13-27(26-20)18-7-5-4-6-8-18)22(29)31-15(3)21(28)25-23(24)30/h4-15H,1-3H3,(H3,24,25,28,30)/t15-/m1/s1. The van der Waals surface area contributed by atoms with Crippen LogP contribution in [0.3, 0.4) is 0 Å². The van der Waals surface area contributed by atoms with E-state index in [0.29, 0.717) is 11.6 Å². The van der Waals surface area contributed by atoms with Crippen LogP contribution >= 0.6 is 0 Å². The van der Waals surface area contributed by atoms with E-state index in [1.54, 1.807) is 10.9 Å². The molecule has 0 saturated carbocycles. The monoisotopic (exact) mass is 420 g/mol. The number of nitrogens with one attached hydrogen (secondary N) is 1. The number of carbonyl (C=O) groups is 3. The van der Waals surface area contributed by atoms with E-state index in [4.69, 9.17) is 10.5 Å². The maximum atomic E-state index is 12.9. The fourth-order valence-corrected chi connectivity index (χ4v) is 2.98. The molecule has 0 radical (unpaired) electrons. The Morgan fingerprint density at radius 3 is 2.23 bits per heavy atom. The normalized spacial score (nSPS) is 11.7. The number of rotatable bonds is 6. The summed E-state index contributed by atoms with van der Waals surface area (Å²) in [5.74, 6) is -1.18. The zero-order chi connectivity index (χ0) is 22.5. The average molecular weight is 420 g/mol. The van der Waals surface area contributed by atoms with Crippen molar-refractivity contribution in [3.8, 4) is 16.9 Å². The third-order valence-corrected chi connectivity index (χ3v) is 4.71. The second kappa shape index (κ2) is 9.25. The van der Waals surface area contributed by atoms with Crippen LogP contribution in [0.4, 0.5) is 4.79 Å². The molecule has 3 rings (SSSR count). The number of hydrogen-bond donors (Lipinski definition) is 2. The SMILES string of the molecule is CC(C)c1ccc(-c2nn(-c3ccccc3)cc2C(=O)O[C@H](C)C(=O)NC(N)=O)cc1. The van der Waals surface area contributed by atoms with Crippen molar-refractivity contribution in [2.75, 3.05) is 0 Å². The Hall–Kier alpha value is -3.94. The number of esters is 1. The Balaban J connectivity index is 1.97. The minimum absolute atomic E-state index is 0.194. The van der Waals surface area contributed by atoms with Gasteiger partial charge in [0.05, 0.1) is 5.69 Å². The van der Waals surface area contributed by atoms with Crippen LogP contribution in [0.25, 0.3) is 16.9 Å². The number of imide groups is 1. The molecule has 1 heterocycles. The van der Waals surface area contributed by atoms with Crippen molar-refractivity contribution in [2.45, 2.75) is 32.8 Å². The molecule has 1 aromatic heterocycles. The predicted octanol–water partition coefficient (Wildman–Crippen LogP) is 3.40. The molecule has 8 heteroatoms. The Labute approximate surface area is 180 Å². The number of carbonyl (C=O) groups excluding carboxylic acids is 3. The highest BCUT2D eigenvalue weighted by Crippen LogP contribution is 2.26. The summed E-state index contributed by atoms with van der Waals surface area (Å²) in [5, 5.41) is 6.48. The predicted molar refractivity (Wildman–Crippen MR) is 116 cm³/mol. The van der Waals surface area contributed by atoms with E-state index >= 15 is 0 Å². The van der Waals surface area contributed by atoms with Gasteiger partial charge in [0.15, 0.2) is 6.10 Å². The second-order valence-corrected chi connectivity index (χ2v) is 7.35. The van der Waals surface area contributed by atoms with Gasteiger partial charge in [-0.1, -0.05) is 56.3 Å². The smallest absolute Gasteiger partial charge is 0.342 e. The van der Waals surface area contributed by atoms with Crippen LogP contribution in [-0.2, 0) is 9.53 Å². The van der Waals surface area contributed by atoms with Gasteiger partial charge in [0.2, 0.25) is 0 Å². The fraction of sp³-hybridized carbons (Fsp3) is 0.217. The summed E-state index contributed by atoms with van der Waals surface area (Å²) in [4.78, 5) is 35.7. The zero-order valence-corrected chi connectivity index (χ0v) is 17.5. The fourth-order valence-electron chi connectivity index (χ4n) is 2.98. The zero-order valence-electron chi connectivity index (χ0n) is 17.5. The Bertz CT molecular complexity index is 1090. The molecule has 0 aliphatic heterocycles. The van der Waals surface area contributed by atoms with Crippen molar-refractivity contribution in [3.63, 3.8) is 0 Å². The molecule has 0 saturated heterocycles. The summed E-state index contributed by atoms with van der Waals surface area (Å²) in [6.45, 7) is 5.55. The van der Waals surface area contributed by atoms with Crippen molar-refractivity contribution in [3.05, 3.63) is 71.9 Å². The largest absolute Gasteiger partial charge is 0.449 e. The van der Waals surface area contributed by atoms with Gasteiger partial charge in [0.25, 0.3) is 5.91 Å². The molecule has 31 heavy (non-hydrogen) atoms. The molecule has 3 amide bonds. The molecular weight excluding hydrogens is 396 g/mol. The Morgan fingerprint density at radius 2 is 1.65 bits per heavy atom. The summed E-state index contributed by atoms with van der Waals surface area (Å²) in [6, 6.07) is 16.1. The van der Waals surface area contributed by atoms with Crippen LogP contribution in [0.1, 0.15) is 42.6 Å². The molecule has 3 aromatic rings. The molecule has 2 aromatic carbocycles. The molecule has 0 bridgehead atoms. The maximum absolute atomic E-state index is 12.9. The highest BCUT2D eigenvalue weighted by molar-refractivity contribution is 6.00. The van der Waals surface area contributed by atoms with Crippen LogP contribution < -0.4 is 11.1 Å². The molecular formula is C23H24N4O4. The second-order valence-electron chi connectivity index (χ2n) is 7.35. The van der Waals surface area contributed by atoms with Gasteiger partial charge < -0.3 is 10.5 Å². The van der Waals surface area contributed by atoms with Gasteiger partial charge in [0.1, 0.15) is 11.3 Å². The van der Waals surface area contributed by atoms with Crippen molar-refractivity contribution < 1.29 is 19.1 Å². The number of benzene rings is 2. The number of primary amides is 1. The van der Waals surface area contributed by atoms with Gasteiger partial charge in [0, 0.05) is 11.8 Å². The van der Waals surface area contributed by atoms with Gasteiger partial charge in [-0.05, 0) is 30.5 Å². The summed E-state index contributed by atoms with van der Waals surface area (Å²) in [5.41, 5.74) is 8.23. The quantitative estimate of drug-likeness (QED) is 0.593. The third-order valence-electron chi connectivity index (χ3n) is 4.71. The van der Waals surface area contributed by atoms with Crippen molar-refractivity contribution in [2.24, 2.45) is 5.73 Å². The summed E-state index contributed by atoms with van der Waals surface area (Å²) in [6.07, 6.45) is 0.346. The van der Waals surface area contributed by atoms with Crippen LogP contribution in [-0.4, -0.2) is 33.8 Å². The van der Waals surface area contributed by atoms with Crippen molar-refractivity contribution >= 4 is 17.9 Å². The average Bonchev–Trinajstić information content (AvgIpc) is 3.19. The van der Waals surface area contributed by atoms with Gasteiger partial charge in [-0.15, -0.1) is 0 Å². The lowest BCUT2D eigenvalue weighted by Crippen LogP contribution is -2.42. The van der Waals surface area contributed by atoms with E-state index < -0.39 is 24.0 Å². The highest BCUT2D eigenvalue weighted by atomic mass is 16.5. The van der Waals surface area contributed by atoms with Crippen molar-refractivity contribution in [1.29, 1.82) is 0 Å². The minimum Gasteiger partial charge on any atom is -0.449 e. The molecule has 0 aliphatic carbocycles. The number of nitrogens with zero attached hydrogens (tertiary/aromatic N) is 2. The molecule has 1 atom stereocenters. The van der Waals surface area contributed by atoms with Gasteiger partial charge in [-0.2, -0.15) is 5.10 Å². The lowest BCUT2D eigenvalue weighted by molar-refractivity contribution is -0.127. The van der Waals surface area contributed by atoms with Crippen LogP contribution in [0.2, 0.25) is 0 Å². The number of ether oxygens (including phenoxy) is 1. The molecule has 0 fully saturated rings. The van der Waals surface area contributed by atoms with Gasteiger partial charge >= 0.3 is 12.0 Å². The minimum atomic E-state index is -1.21. The van der Waals surface area contributed by atoms with E-state index in [0.717, 1.165) is 16.8 Å². The topological polar surface area (TPSA) is 116 Å². The van der Waals surface area contributed by atoms with E-state index in [-0.39, 0.29) is 5.56 Å². The summed E-state index contributed by atoms with van der Waals surface area (Å²) >= 11 is 0. The first-order valence-electron chi connectivity index (χ1n) is 9.83. The first-order valence-corrected chi connectivity index (χ1v) is 9.83. The third kappa shape index (κ3) is 5.16. The lowest BCUT2D eigenvalue weighted by atomic mass is 10.00. The summed E-state index contributed by atoms with van der Waals surface area (Å²) < 4.78 is 6.84. The Morgan fingerprint density at radius 1 is 1.00 bits per heavy atom. The van der Waals surface area contributed by atoms with E-state index in [2.05, 4.69) is 18.9 Å². The van der Waals surface area contributed by atoms with Crippen molar-refractivity contribution in [1.82, 2.24) is 15.1 Å². The van der Waals surface area contributed by atoms with Crippen LogP contribution in [0.15, 0.2) is 60.8 Å². The number of amides is 3. The van der Waals surface area contributed by atoms with Crippen LogP contribution in [0.5, 0.6) is 0 Å². The molecule has 8 nitrogen and oxygen atoms in total. The molecule has 0 aliphatic rings. The van der Waals surface area contributed by atoms with Gasteiger partial charge in [-0.25, -0.2) is 14.3 Å². The number of hydrogen-bond acceptors (Lipinski definition) is 5. The number of urea groups is 1. The number of aromatic nitrogens is 2.